The van der Waals surface area contributed by atoms with Gasteiger partial charge in [0.1, 0.15) is 13.2 Å². The number of carbonyl (C=O) groups excluding carboxylic acids is 1. The van der Waals surface area contributed by atoms with Gasteiger partial charge in [-0.3, -0.25) is 4.79 Å². The monoisotopic (exact) mass is 377 g/mol. The fourth-order valence-electron chi connectivity index (χ4n) is 2.76. The highest BCUT2D eigenvalue weighted by Crippen LogP contribution is 2.31. The Morgan fingerprint density at radius 1 is 0.889 bits per heavy atom. The smallest absolute Gasteiger partial charge is 0.255 e. The topological polar surface area (TPSA) is 47.6 Å². The Morgan fingerprint density at radius 3 is 2.41 bits per heavy atom. The Labute approximate surface area is 162 Å². The van der Waals surface area contributed by atoms with E-state index in [2.05, 4.69) is 17.4 Å². The Morgan fingerprint density at radius 2 is 1.63 bits per heavy atom. The van der Waals surface area contributed by atoms with Crippen molar-refractivity contribution in [3.05, 3.63) is 83.9 Å². The number of thioether (sulfide) groups is 1. The van der Waals surface area contributed by atoms with Gasteiger partial charge in [0, 0.05) is 21.9 Å². The van der Waals surface area contributed by atoms with Gasteiger partial charge in [-0.05, 0) is 48.0 Å². The minimum absolute atomic E-state index is 0.168. The van der Waals surface area contributed by atoms with Crippen LogP contribution in [0.3, 0.4) is 0 Å². The van der Waals surface area contributed by atoms with E-state index in [1.54, 1.807) is 30.0 Å². The number of hydrogen-bond donors (Lipinski definition) is 1. The van der Waals surface area contributed by atoms with Crippen LogP contribution in [0.25, 0.3) is 0 Å². The van der Waals surface area contributed by atoms with Gasteiger partial charge in [0.2, 0.25) is 0 Å². The molecule has 1 heterocycles. The first-order chi connectivity index (χ1) is 13.3. The number of hydrogen-bond acceptors (Lipinski definition) is 4. The number of nitrogens with one attached hydrogen (secondary N) is 1. The third-order valence-electron chi connectivity index (χ3n) is 4.16. The molecule has 3 aromatic carbocycles. The van der Waals surface area contributed by atoms with E-state index in [0.717, 1.165) is 11.4 Å². The van der Waals surface area contributed by atoms with Crippen molar-refractivity contribution in [2.75, 3.05) is 18.5 Å². The molecule has 4 nitrogen and oxygen atoms in total. The van der Waals surface area contributed by atoms with Gasteiger partial charge >= 0.3 is 0 Å². The normalized spacial score (nSPS) is 12.4. The molecule has 5 heteroatoms. The van der Waals surface area contributed by atoms with Crippen LogP contribution in [0.1, 0.15) is 15.9 Å². The first kappa shape index (κ1) is 17.5. The molecule has 0 aliphatic carbocycles. The van der Waals surface area contributed by atoms with Gasteiger partial charge in [-0.15, -0.1) is 11.8 Å². The Hall–Kier alpha value is -2.92. The molecule has 1 aliphatic rings. The Kier molecular flexibility index (Phi) is 5.30. The standard InChI is InChI=1S/C22H19NO3S/c24-22(17-8-11-20-21(14-17)26-13-12-25-20)23-18-9-6-16(7-10-18)15-27-19-4-2-1-3-5-19/h1-11,14H,12-13,15H2,(H,23,24). The fourth-order valence-corrected chi connectivity index (χ4v) is 3.63. The molecule has 0 fully saturated rings. The van der Waals surface area contributed by atoms with Gasteiger partial charge in [0.25, 0.3) is 5.91 Å². The molecule has 136 valence electrons. The summed E-state index contributed by atoms with van der Waals surface area (Å²) < 4.78 is 11.0. The number of benzene rings is 3. The van der Waals surface area contributed by atoms with Crippen LogP contribution in [-0.2, 0) is 5.75 Å². The van der Waals surface area contributed by atoms with Crippen molar-refractivity contribution in [3.63, 3.8) is 0 Å². The Bertz CT molecular complexity index is 926. The fraction of sp³-hybridized carbons (Fsp3) is 0.136. The van der Waals surface area contributed by atoms with Crippen LogP contribution in [0, 0.1) is 0 Å². The van der Waals surface area contributed by atoms with E-state index in [0.29, 0.717) is 30.3 Å². The second-order valence-corrected chi connectivity index (χ2v) is 7.16. The molecule has 0 aromatic heterocycles. The minimum Gasteiger partial charge on any atom is -0.486 e. The molecule has 0 atom stereocenters. The van der Waals surface area contributed by atoms with Gasteiger partial charge in [-0.2, -0.15) is 0 Å². The van der Waals surface area contributed by atoms with Crippen LogP contribution in [0.5, 0.6) is 11.5 Å². The second-order valence-electron chi connectivity index (χ2n) is 6.11. The van der Waals surface area contributed by atoms with Crippen molar-refractivity contribution >= 4 is 23.4 Å². The highest BCUT2D eigenvalue weighted by molar-refractivity contribution is 7.98. The molecular weight excluding hydrogens is 358 g/mol. The third kappa shape index (κ3) is 4.44. The van der Waals surface area contributed by atoms with Gasteiger partial charge < -0.3 is 14.8 Å². The lowest BCUT2D eigenvalue weighted by molar-refractivity contribution is 0.102. The maximum atomic E-state index is 12.5. The van der Waals surface area contributed by atoms with E-state index in [4.69, 9.17) is 9.47 Å². The summed E-state index contributed by atoms with van der Waals surface area (Å²) in [6.07, 6.45) is 0. The lowest BCUT2D eigenvalue weighted by Crippen LogP contribution is -2.17. The zero-order chi connectivity index (χ0) is 18.5. The number of amides is 1. The molecule has 4 rings (SSSR count). The van der Waals surface area contributed by atoms with Crippen LogP contribution in [0.2, 0.25) is 0 Å². The highest BCUT2D eigenvalue weighted by Gasteiger charge is 2.15. The van der Waals surface area contributed by atoms with E-state index in [1.165, 1.54) is 10.5 Å². The summed E-state index contributed by atoms with van der Waals surface area (Å²) in [5, 5.41) is 2.92. The number of rotatable bonds is 5. The van der Waals surface area contributed by atoms with E-state index in [1.807, 2.05) is 42.5 Å². The zero-order valence-electron chi connectivity index (χ0n) is 14.7. The van der Waals surface area contributed by atoms with Crippen molar-refractivity contribution in [1.82, 2.24) is 0 Å². The van der Waals surface area contributed by atoms with Crippen LogP contribution in [-0.4, -0.2) is 19.1 Å². The van der Waals surface area contributed by atoms with Crippen molar-refractivity contribution in [2.45, 2.75) is 10.6 Å². The second kappa shape index (κ2) is 8.18. The Balaban J connectivity index is 1.37. The predicted octanol–water partition coefficient (Wildman–Crippen LogP) is 5.00. The van der Waals surface area contributed by atoms with Crippen molar-refractivity contribution in [2.24, 2.45) is 0 Å². The van der Waals surface area contributed by atoms with E-state index < -0.39 is 0 Å². The molecule has 1 aliphatic heterocycles. The third-order valence-corrected chi connectivity index (χ3v) is 5.25. The lowest BCUT2D eigenvalue weighted by Gasteiger charge is -2.18. The zero-order valence-corrected chi connectivity index (χ0v) is 15.5. The average molecular weight is 377 g/mol. The molecule has 0 bridgehead atoms. The lowest BCUT2D eigenvalue weighted by atomic mass is 10.1. The highest BCUT2D eigenvalue weighted by atomic mass is 32.2. The van der Waals surface area contributed by atoms with Gasteiger partial charge in [0.05, 0.1) is 0 Å². The SMILES string of the molecule is O=C(Nc1ccc(CSc2ccccc2)cc1)c1ccc2c(c1)OCCO2. The van der Waals surface area contributed by atoms with Crippen LogP contribution < -0.4 is 14.8 Å². The summed E-state index contributed by atoms with van der Waals surface area (Å²) in [6, 6.07) is 23.5. The quantitative estimate of drug-likeness (QED) is 0.636. The number of fused-ring (bicyclic) bond motifs is 1. The number of ether oxygens (including phenoxy) is 2. The molecule has 3 aromatic rings. The van der Waals surface area contributed by atoms with Crippen molar-refractivity contribution in [1.29, 1.82) is 0 Å². The molecule has 0 unspecified atom stereocenters. The summed E-state index contributed by atoms with van der Waals surface area (Å²) in [5.41, 5.74) is 2.52. The molecule has 0 saturated heterocycles. The summed E-state index contributed by atoms with van der Waals surface area (Å²) in [7, 11) is 0. The molecule has 27 heavy (non-hydrogen) atoms. The van der Waals surface area contributed by atoms with Crippen LogP contribution >= 0.6 is 11.8 Å². The maximum Gasteiger partial charge on any atom is 0.255 e. The maximum absolute atomic E-state index is 12.5. The molecular formula is C22H19NO3S. The minimum atomic E-state index is -0.168. The molecule has 0 spiro atoms. The predicted molar refractivity (Wildman–Crippen MR) is 108 cm³/mol. The van der Waals surface area contributed by atoms with Crippen LogP contribution in [0.15, 0.2) is 77.7 Å². The van der Waals surface area contributed by atoms with Gasteiger partial charge in [0.15, 0.2) is 11.5 Å². The first-order valence-electron chi connectivity index (χ1n) is 8.76. The van der Waals surface area contributed by atoms with Crippen molar-refractivity contribution in [3.8, 4) is 11.5 Å². The molecule has 1 N–H and O–H groups in total. The average Bonchev–Trinajstić information content (AvgIpc) is 2.73. The van der Waals surface area contributed by atoms with E-state index in [9.17, 15) is 4.79 Å². The molecule has 0 radical (unpaired) electrons. The van der Waals surface area contributed by atoms with Gasteiger partial charge in [-0.25, -0.2) is 0 Å². The van der Waals surface area contributed by atoms with Crippen LogP contribution in [0.4, 0.5) is 5.69 Å². The van der Waals surface area contributed by atoms with E-state index in [-0.39, 0.29) is 5.91 Å². The summed E-state index contributed by atoms with van der Waals surface area (Å²) in [5.74, 6) is 2.01. The number of carbonyl (C=O) groups is 1. The van der Waals surface area contributed by atoms with Crippen molar-refractivity contribution < 1.29 is 14.3 Å². The first-order valence-corrected chi connectivity index (χ1v) is 9.74. The largest absolute Gasteiger partial charge is 0.486 e. The summed E-state index contributed by atoms with van der Waals surface area (Å²) in [4.78, 5) is 13.7. The number of anilines is 1. The van der Waals surface area contributed by atoms with Gasteiger partial charge in [-0.1, -0.05) is 30.3 Å². The molecule has 0 saturated carbocycles. The summed E-state index contributed by atoms with van der Waals surface area (Å²) in [6.45, 7) is 1.04. The molecule has 1 amide bonds. The summed E-state index contributed by atoms with van der Waals surface area (Å²) >= 11 is 1.79. The van der Waals surface area contributed by atoms with E-state index >= 15 is 0 Å².